The van der Waals surface area contributed by atoms with Crippen molar-refractivity contribution < 1.29 is 10.0 Å². The van der Waals surface area contributed by atoms with E-state index in [1.807, 2.05) is 0 Å². The molecule has 0 saturated heterocycles. The first-order valence-corrected chi connectivity index (χ1v) is 3.61. The molecule has 0 heterocycles. The predicted molar refractivity (Wildman–Crippen MR) is 45.8 cm³/mol. The number of hydrogen-bond donors (Lipinski definition) is 1. The van der Waals surface area contributed by atoms with Gasteiger partial charge in [-0.3, -0.25) is 4.79 Å². The summed E-state index contributed by atoms with van der Waals surface area (Å²) in [5, 5.41) is 10.4. The van der Waals surface area contributed by atoms with Gasteiger partial charge in [-0.2, -0.15) is 0 Å². The summed E-state index contributed by atoms with van der Waals surface area (Å²) in [7, 11) is 0. The van der Waals surface area contributed by atoms with Crippen molar-refractivity contribution in [1.82, 2.24) is 0 Å². The molecule has 1 N–H and O–H groups in total. The summed E-state index contributed by atoms with van der Waals surface area (Å²) in [6, 6.07) is 8.37. The van der Waals surface area contributed by atoms with Crippen molar-refractivity contribution in [2.75, 3.05) is 0 Å². The number of rotatable bonds is 2. The van der Waals surface area contributed by atoms with Crippen LogP contribution in [-0.2, 0) is 0 Å². The molecule has 0 unspecified atom stereocenters. The average Bonchev–Trinajstić information content (AvgIpc) is 2.17. The molecule has 0 amide bonds. The Kier molecular flexibility index (Phi) is 2.82. The van der Waals surface area contributed by atoms with Crippen LogP contribution in [0.4, 0.5) is 0 Å². The first-order valence-electron chi connectivity index (χ1n) is 3.23. The topological polar surface area (TPSA) is 49.7 Å². The molecule has 1 rings (SSSR count). The maximum atomic E-state index is 11.2. The number of carbonyl (C=O) groups is 1. The van der Waals surface area contributed by atoms with Gasteiger partial charge in [-0.15, -0.1) is 0 Å². The van der Waals surface area contributed by atoms with Crippen LogP contribution in [0.5, 0.6) is 0 Å². The minimum absolute atomic E-state index is 0.403. The van der Waals surface area contributed by atoms with Gasteiger partial charge >= 0.3 is 0 Å². The minimum atomic E-state index is -0.486. The predicted octanol–water partition coefficient (Wildman–Crippen LogP) is 1.90. The van der Waals surface area contributed by atoms with E-state index in [-0.39, 0.29) is 0 Å². The Balaban J connectivity index is 2.94. The van der Waals surface area contributed by atoms with Gasteiger partial charge in [0.15, 0.2) is 0 Å². The standard InChI is InChI=1S/C8H6ClNO2/c9-8(10-12)7(11)6-4-2-1-3-5-6/h1-5,12H/b10-8+. The lowest BCUT2D eigenvalue weighted by Crippen LogP contribution is -2.07. The Morgan fingerprint density at radius 2 is 1.92 bits per heavy atom. The molecule has 1 aromatic carbocycles. The van der Waals surface area contributed by atoms with Gasteiger partial charge in [0.2, 0.25) is 11.0 Å². The highest BCUT2D eigenvalue weighted by molar-refractivity contribution is 6.84. The third kappa shape index (κ3) is 1.83. The highest BCUT2D eigenvalue weighted by Gasteiger charge is 2.10. The highest BCUT2D eigenvalue weighted by atomic mass is 35.5. The van der Waals surface area contributed by atoms with Gasteiger partial charge in [0.1, 0.15) is 0 Å². The maximum absolute atomic E-state index is 11.2. The molecule has 0 aliphatic rings. The molecule has 1 aromatic rings. The van der Waals surface area contributed by atoms with Crippen LogP contribution >= 0.6 is 11.6 Å². The molecule has 0 radical (unpaired) electrons. The van der Waals surface area contributed by atoms with E-state index < -0.39 is 11.0 Å². The van der Waals surface area contributed by atoms with Crippen molar-refractivity contribution in [3.8, 4) is 0 Å². The van der Waals surface area contributed by atoms with Crippen LogP contribution in [0.3, 0.4) is 0 Å². The number of oxime groups is 1. The lowest BCUT2D eigenvalue weighted by atomic mass is 10.1. The van der Waals surface area contributed by atoms with Crippen molar-refractivity contribution in [3.05, 3.63) is 35.9 Å². The van der Waals surface area contributed by atoms with Crippen LogP contribution in [0.1, 0.15) is 10.4 Å². The van der Waals surface area contributed by atoms with E-state index in [0.29, 0.717) is 5.56 Å². The zero-order valence-corrected chi connectivity index (χ0v) is 6.82. The average molecular weight is 184 g/mol. The molecule has 0 spiro atoms. The molecule has 0 aromatic heterocycles. The summed E-state index contributed by atoms with van der Waals surface area (Å²) < 4.78 is 0. The molecule has 0 bridgehead atoms. The number of halogens is 1. The largest absolute Gasteiger partial charge is 0.410 e. The van der Waals surface area contributed by atoms with Gasteiger partial charge in [-0.1, -0.05) is 47.1 Å². The number of benzene rings is 1. The minimum Gasteiger partial charge on any atom is -0.410 e. The lowest BCUT2D eigenvalue weighted by Gasteiger charge is -1.94. The summed E-state index contributed by atoms with van der Waals surface area (Å²) in [6.07, 6.45) is 0. The van der Waals surface area contributed by atoms with Crippen LogP contribution < -0.4 is 0 Å². The first-order chi connectivity index (χ1) is 5.75. The van der Waals surface area contributed by atoms with Crippen molar-refractivity contribution in [3.63, 3.8) is 0 Å². The fourth-order valence-corrected chi connectivity index (χ4v) is 0.863. The van der Waals surface area contributed by atoms with E-state index in [0.717, 1.165) is 0 Å². The highest BCUT2D eigenvalue weighted by Crippen LogP contribution is 2.03. The quantitative estimate of drug-likeness (QED) is 0.330. The van der Waals surface area contributed by atoms with Gasteiger partial charge in [0, 0.05) is 5.56 Å². The molecule has 3 nitrogen and oxygen atoms in total. The molecule has 62 valence electrons. The molecule has 0 aliphatic carbocycles. The second kappa shape index (κ2) is 3.88. The Hall–Kier alpha value is -1.35. The lowest BCUT2D eigenvalue weighted by molar-refractivity contribution is 0.106. The Labute approximate surface area is 74.3 Å². The summed E-state index contributed by atoms with van der Waals surface area (Å²) in [5.41, 5.74) is 0.403. The monoisotopic (exact) mass is 183 g/mol. The second-order valence-corrected chi connectivity index (χ2v) is 2.44. The summed E-state index contributed by atoms with van der Waals surface area (Å²) in [5.74, 6) is -0.486. The van der Waals surface area contributed by atoms with Gasteiger partial charge in [-0.25, -0.2) is 0 Å². The van der Waals surface area contributed by atoms with Gasteiger partial charge < -0.3 is 5.21 Å². The van der Waals surface area contributed by atoms with Crippen LogP contribution in [0.2, 0.25) is 0 Å². The van der Waals surface area contributed by atoms with Crippen molar-refractivity contribution in [2.45, 2.75) is 0 Å². The number of ketones is 1. The molecular formula is C8H6ClNO2. The van der Waals surface area contributed by atoms with E-state index in [4.69, 9.17) is 16.8 Å². The first kappa shape index (κ1) is 8.74. The van der Waals surface area contributed by atoms with E-state index in [2.05, 4.69) is 5.16 Å². The summed E-state index contributed by atoms with van der Waals surface area (Å²) >= 11 is 5.30. The molecule has 0 aliphatic heterocycles. The summed E-state index contributed by atoms with van der Waals surface area (Å²) in [4.78, 5) is 11.2. The van der Waals surface area contributed by atoms with E-state index in [1.165, 1.54) is 0 Å². The third-order valence-corrected chi connectivity index (χ3v) is 1.56. The Morgan fingerprint density at radius 1 is 1.33 bits per heavy atom. The molecule has 4 heteroatoms. The third-order valence-electron chi connectivity index (χ3n) is 1.31. The van der Waals surface area contributed by atoms with E-state index in [1.54, 1.807) is 30.3 Å². The van der Waals surface area contributed by atoms with Crippen molar-refractivity contribution in [1.29, 1.82) is 0 Å². The fraction of sp³-hybridized carbons (Fsp3) is 0. The van der Waals surface area contributed by atoms with E-state index in [9.17, 15) is 4.79 Å². The van der Waals surface area contributed by atoms with Crippen molar-refractivity contribution >= 4 is 22.6 Å². The molecule has 0 atom stereocenters. The number of Topliss-reactive ketones (excluding diaryl/α,β-unsaturated/α-hetero) is 1. The number of carbonyl (C=O) groups excluding carboxylic acids is 1. The van der Waals surface area contributed by atoms with Crippen molar-refractivity contribution in [2.24, 2.45) is 5.16 Å². The Morgan fingerprint density at radius 3 is 2.42 bits per heavy atom. The SMILES string of the molecule is O=C(/C(Cl)=N\O)c1ccccc1. The molecule has 0 fully saturated rings. The second-order valence-electron chi connectivity index (χ2n) is 2.09. The van der Waals surface area contributed by atoms with Gasteiger partial charge in [-0.05, 0) is 0 Å². The zero-order valence-electron chi connectivity index (χ0n) is 6.07. The molecular weight excluding hydrogens is 178 g/mol. The van der Waals surface area contributed by atoms with Crippen LogP contribution in [0.15, 0.2) is 35.5 Å². The van der Waals surface area contributed by atoms with Crippen LogP contribution in [0.25, 0.3) is 0 Å². The smallest absolute Gasteiger partial charge is 0.226 e. The van der Waals surface area contributed by atoms with Gasteiger partial charge in [0.05, 0.1) is 0 Å². The zero-order chi connectivity index (χ0) is 8.97. The van der Waals surface area contributed by atoms with Crippen LogP contribution in [-0.4, -0.2) is 16.2 Å². The van der Waals surface area contributed by atoms with Gasteiger partial charge in [0.25, 0.3) is 0 Å². The van der Waals surface area contributed by atoms with Crippen LogP contribution in [0, 0.1) is 0 Å². The maximum Gasteiger partial charge on any atom is 0.226 e. The summed E-state index contributed by atoms with van der Waals surface area (Å²) in [6.45, 7) is 0. The number of hydrogen-bond acceptors (Lipinski definition) is 3. The fourth-order valence-electron chi connectivity index (χ4n) is 0.754. The molecule has 12 heavy (non-hydrogen) atoms. The number of nitrogens with zero attached hydrogens (tertiary/aromatic N) is 1. The Bertz CT molecular complexity index is 308. The molecule has 0 saturated carbocycles. The van der Waals surface area contributed by atoms with E-state index >= 15 is 0 Å². The normalized spacial score (nSPS) is 11.2.